The van der Waals surface area contributed by atoms with Crippen molar-refractivity contribution in [1.29, 1.82) is 0 Å². The van der Waals surface area contributed by atoms with Crippen LogP contribution < -0.4 is 14.5 Å². The van der Waals surface area contributed by atoms with E-state index < -0.39 is 0 Å². The van der Waals surface area contributed by atoms with E-state index in [9.17, 15) is 0 Å². The molecule has 3 heteroatoms. The fraction of sp³-hybridized carbons (Fsp3) is 0.0870. The number of rotatable bonds is 5. The van der Waals surface area contributed by atoms with Crippen LogP contribution in [0, 0.1) is 6.92 Å². The molecule has 0 aromatic heterocycles. The number of hydrogen-bond donors (Lipinski definition) is 0. The first-order valence-corrected chi connectivity index (χ1v) is 16.9. The number of fused-ring (bicyclic) bond motifs is 4. The van der Waals surface area contributed by atoms with Crippen LogP contribution in [0.1, 0.15) is 30.5 Å². The molecule has 0 N–H and O–H groups in total. The molecule has 7 aromatic rings. The van der Waals surface area contributed by atoms with Gasteiger partial charge in [0.25, 0.3) is 0 Å². The lowest BCUT2D eigenvalue weighted by Crippen LogP contribution is -2.32. The zero-order chi connectivity index (χ0) is 33.1. The predicted octanol–water partition coefficient (Wildman–Crippen LogP) is 13.0. The summed E-state index contributed by atoms with van der Waals surface area (Å²) in [6.07, 6.45) is 0. The maximum absolute atomic E-state index is 6.47. The van der Waals surface area contributed by atoms with Gasteiger partial charge >= 0.3 is 0 Å². The average Bonchev–Trinajstić information content (AvgIpc) is 3.15. The van der Waals surface area contributed by atoms with Gasteiger partial charge in [-0.05, 0) is 107 Å². The van der Waals surface area contributed by atoms with Crippen molar-refractivity contribution in [2.75, 3.05) is 9.80 Å². The van der Waals surface area contributed by atoms with Crippen molar-refractivity contribution in [3.8, 4) is 33.8 Å². The molecule has 49 heavy (non-hydrogen) atoms. The number of anilines is 6. The summed E-state index contributed by atoms with van der Waals surface area (Å²) in [5.74, 6) is 1.81. The van der Waals surface area contributed by atoms with Crippen LogP contribution in [-0.4, -0.2) is 0 Å². The number of benzene rings is 7. The predicted molar refractivity (Wildman–Crippen MR) is 204 cm³/mol. The van der Waals surface area contributed by atoms with Crippen LogP contribution in [0.15, 0.2) is 164 Å². The fourth-order valence-corrected chi connectivity index (χ4v) is 7.63. The quantitative estimate of drug-likeness (QED) is 0.188. The Morgan fingerprint density at radius 1 is 0.469 bits per heavy atom. The van der Waals surface area contributed by atoms with Crippen molar-refractivity contribution < 1.29 is 4.74 Å². The van der Waals surface area contributed by atoms with Gasteiger partial charge in [-0.3, -0.25) is 0 Å². The summed E-state index contributed by atoms with van der Waals surface area (Å²) in [5, 5.41) is 0. The van der Waals surface area contributed by atoms with E-state index in [0.717, 1.165) is 39.9 Å². The Morgan fingerprint density at radius 2 is 0.980 bits per heavy atom. The van der Waals surface area contributed by atoms with Crippen molar-refractivity contribution in [2.45, 2.75) is 26.2 Å². The van der Waals surface area contributed by atoms with Gasteiger partial charge in [-0.25, -0.2) is 0 Å². The van der Waals surface area contributed by atoms with Crippen LogP contribution in [0.25, 0.3) is 22.3 Å². The van der Waals surface area contributed by atoms with Gasteiger partial charge in [-0.1, -0.05) is 117 Å². The molecule has 2 heterocycles. The van der Waals surface area contributed by atoms with E-state index in [1.54, 1.807) is 0 Å². The molecular weight excluding hydrogens is 597 g/mol. The average molecular weight is 633 g/mol. The van der Waals surface area contributed by atoms with Gasteiger partial charge in [0.05, 0.1) is 17.1 Å². The summed E-state index contributed by atoms with van der Waals surface area (Å²) in [6, 6.07) is 58.6. The summed E-state index contributed by atoms with van der Waals surface area (Å²) < 4.78 is 6.47. The van der Waals surface area contributed by atoms with E-state index in [1.807, 2.05) is 0 Å². The lowest BCUT2D eigenvalue weighted by molar-refractivity contribution is 0.471. The minimum atomic E-state index is -0.203. The zero-order valence-electron chi connectivity index (χ0n) is 27.9. The lowest BCUT2D eigenvalue weighted by atomic mass is 9.72. The van der Waals surface area contributed by atoms with E-state index in [1.165, 1.54) is 44.6 Å². The molecule has 236 valence electrons. The molecule has 2 aliphatic rings. The minimum absolute atomic E-state index is 0.203. The molecule has 0 radical (unpaired) electrons. The van der Waals surface area contributed by atoms with E-state index >= 15 is 0 Å². The van der Waals surface area contributed by atoms with Crippen molar-refractivity contribution in [3.63, 3.8) is 0 Å². The molecule has 0 amide bonds. The van der Waals surface area contributed by atoms with Crippen LogP contribution in [0.2, 0.25) is 0 Å². The first kappa shape index (κ1) is 29.1. The maximum Gasteiger partial charge on any atom is 0.151 e. The highest BCUT2D eigenvalue weighted by molar-refractivity contribution is 5.95. The van der Waals surface area contributed by atoms with E-state index in [-0.39, 0.29) is 5.41 Å². The molecule has 0 saturated heterocycles. The SMILES string of the molecule is Cc1cccc2c1N1c3ccc(-c4ccc(-c5ccc(N(c6ccccc6)c6ccccc6)cc5)cc4)cc3C(C)(C)c3cccc(c31)O2. The van der Waals surface area contributed by atoms with Crippen molar-refractivity contribution in [1.82, 2.24) is 0 Å². The highest BCUT2D eigenvalue weighted by Crippen LogP contribution is 2.60. The van der Waals surface area contributed by atoms with Crippen molar-refractivity contribution >= 4 is 34.1 Å². The van der Waals surface area contributed by atoms with Gasteiger partial charge in [-0.15, -0.1) is 0 Å². The molecule has 0 aliphatic carbocycles. The Hall–Kier alpha value is -6.06. The Bertz CT molecular complexity index is 2290. The van der Waals surface area contributed by atoms with Crippen LogP contribution in [0.4, 0.5) is 34.1 Å². The molecule has 3 nitrogen and oxygen atoms in total. The number of ether oxygens (including phenoxy) is 1. The molecule has 0 saturated carbocycles. The topological polar surface area (TPSA) is 15.7 Å². The first-order chi connectivity index (χ1) is 24.0. The third-order valence-electron chi connectivity index (χ3n) is 10.2. The first-order valence-electron chi connectivity index (χ1n) is 16.9. The lowest BCUT2D eigenvalue weighted by Gasteiger charge is -2.45. The molecule has 0 bridgehead atoms. The molecule has 0 unspecified atom stereocenters. The number of nitrogens with zero attached hydrogens (tertiary/aromatic N) is 2. The standard InChI is InChI=1S/C46H36N2O/c1-31-12-10-18-42-44(31)48-41-29-26-35(30-40(41)46(2,3)39-17-11-19-43(49-42)45(39)48)34-22-20-32(21-23-34)33-24-27-38(28-25-33)47(36-13-6-4-7-14-36)37-15-8-5-9-16-37/h4-30H,1-3H3. The van der Waals surface area contributed by atoms with Gasteiger partial charge in [0, 0.05) is 22.5 Å². The molecule has 7 aromatic carbocycles. The minimum Gasteiger partial charge on any atom is -0.453 e. The van der Waals surface area contributed by atoms with E-state index in [4.69, 9.17) is 4.74 Å². The summed E-state index contributed by atoms with van der Waals surface area (Å²) in [7, 11) is 0. The highest BCUT2D eigenvalue weighted by Gasteiger charge is 2.42. The second-order valence-electron chi connectivity index (χ2n) is 13.5. The summed E-state index contributed by atoms with van der Waals surface area (Å²) in [6.45, 7) is 6.83. The normalized spacial score (nSPS) is 13.5. The summed E-state index contributed by atoms with van der Waals surface area (Å²) in [4.78, 5) is 4.72. The van der Waals surface area contributed by atoms with Crippen LogP contribution in [0.5, 0.6) is 11.5 Å². The smallest absolute Gasteiger partial charge is 0.151 e. The Morgan fingerprint density at radius 3 is 1.61 bits per heavy atom. The molecular formula is C46H36N2O. The van der Waals surface area contributed by atoms with Gasteiger partial charge in [-0.2, -0.15) is 0 Å². The Labute approximate surface area is 288 Å². The van der Waals surface area contributed by atoms with Gasteiger partial charge in [0.2, 0.25) is 0 Å². The van der Waals surface area contributed by atoms with Crippen molar-refractivity contribution in [3.05, 3.63) is 180 Å². The third-order valence-corrected chi connectivity index (χ3v) is 10.2. The highest BCUT2D eigenvalue weighted by atomic mass is 16.5. The van der Waals surface area contributed by atoms with Gasteiger partial charge in [0.15, 0.2) is 11.5 Å². The van der Waals surface area contributed by atoms with E-state index in [2.05, 4.69) is 194 Å². The molecule has 0 atom stereocenters. The Balaban J connectivity index is 1.05. The summed E-state index contributed by atoms with van der Waals surface area (Å²) >= 11 is 0. The monoisotopic (exact) mass is 632 g/mol. The third kappa shape index (κ3) is 4.73. The van der Waals surface area contributed by atoms with Crippen molar-refractivity contribution in [2.24, 2.45) is 0 Å². The van der Waals surface area contributed by atoms with Crippen LogP contribution in [-0.2, 0) is 5.41 Å². The Kier molecular flexibility index (Phi) is 6.70. The molecule has 9 rings (SSSR count). The fourth-order valence-electron chi connectivity index (χ4n) is 7.63. The molecule has 0 fully saturated rings. The number of aryl methyl sites for hydroxylation is 1. The number of hydrogen-bond acceptors (Lipinski definition) is 3. The van der Waals surface area contributed by atoms with E-state index in [0.29, 0.717) is 0 Å². The van der Waals surface area contributed by atoms with Gasteiger partial charge in [0.1, 0.15) is 0 Å². The zero-order valence-corrected chi connectivity index (χ0v) is 27.9. The molecule has 0 spiro atoms. The second-order valence-corrected chi connectivity index (χ2v) is 13.5. The number of para-hydroxylation sites is 4. The largest absolute Gasteiger partial charge is 0.453 e. The second kappa shape index (κ2) is 11.3. The maximum atomic E-state index is 6.47. The van der Waals surface area contributed by atoms with Crippen LogP contribution in [0.3, 0.4) is 0 Å². The van der Waals surface area contributed by atoms with Crippen LogP contribution >= 0.6 is 0 Å². The van der Waals surface area contributed by atoms with Gasteiger partial charge < -0.3 is 14.5 Å². The summed E-state index contributed by atoms with van der Waals surface area (Å²) in [5.41, 5.74) is 15.3. The molecule has 2 aliphatic heterocycles.